The maximum Gasteiger partial charge on any atom is 0.432 e. The molecule has 4 atom stereocenters. The van der Waals surface area contributed by atoms with Gasteiger partial charge in [0.15, 0.2) is 12.0 Å². The lowest BCUT2D eigenvalue weighted by Gasteiger charge is -2.30. The zero-order valence-corrected chi connectivity index (χ0v) is 12.6. The summed E-state index contributed by atoms with van der Waals surface area (Å²) < 4.78 is 18.8. The molecule has 0 aromatic carbocycles. The molecule has 7 N–H and O–H groups in total. The number of nitrogens with two attached hydrogens (primary N) is 1. The summed E-state index contributed by atoms with van der Waals surface area (Å²) in [7, 11) is -4.73. The van der Waals surface area contributed by atoms with E-state index in [1.165, 1.54) is 6.33 Å². The van der Waals surface area contributed by atoms with Crippen molar-refractivity contribution in [1.82, 2.24) is 9.55 Å². The first-order valence-corrected chi connectivity index (χ1v) is 8.15. The molecular formula is C10H16N5O7P. The van der Waals surface area contributed by atoms with Crippen LogP contribution >= 0.6 is 7.75 Å². The van der Waals surface area contributed by atoms with Crippen molar-refractivity contribution in [1.29, 1.82) is 0 Å². The first kappa shape index (κ1) is 16.3. The highest BCUT2D eigenvalue weighted by Gasteiger charge is 2.46. The number of amidine groups is 1. The molecule has 0 spiro atoms. The topological polar surface area (TPSA) is 187 Å². The van der Waals surface area contributed by atoms with Gasteiger partial charge in [-0.2, -0.15) is 0 Å². The van der Waals surface area contributed by atoms with Crippen LogP contribution in [0.15, 0.2) is 11.3 Å². The largest absolute Gasteiger partial charge is 0.432 e. The third-order valence-electron chi connectivity index (χ3n) is 3.74. The van der Waals surface area contributed by atoms with Crippen LogP contribution in [0.25, 0.3) is 0 Å². The SMILES string of the molecule is NC1=NCN(P(=O)(O)O)c2c1ncn2[C@@H]1O[C@H](CO)[C@@H](O)[C@H]1O. The lowest BCUT2D eigenvalue weighted by atomic mass is 10.1. The summed E-state index contributed by atoms with van der Waals surface area (Å²) in [5, 5.41) is 29.0. The molecule has 128 valence electrons. The quantitative estimate of drug-likeness (QED) is 0.308. The van der Waals surface area contributed by atoms with Gasteiger partial charge in [0.25, 0.3) is 0 Å². The lowest BCUT2D eigenvalue weighted by Crippen LogP contribution is -2.35. The number of anilines is 1. The lowest BCUT2D eigenvalue weighted by molar-refractivity contribution is -0.0520. The summed E-state index contributed by atoms with van der Waals surface area (Å²) in [6, 6.07) is 0. The molecule has 1 aromatic heterocycles. The summed E-state index contributed by atoms with van der Waals surface area (Å²) in [6.45, 7) is -0.930. The van der Waals surface area contributed by atoms with Crippen LogP contribution < -0.4 is 10.4 Å². The van der Waals surface area contributed by atoms with E-state index >= 15 is 0 Å². The highest BCUT2D eigenvalue weighted by atomic mass is 31.2. The van der Waals surface area contributed by atoms with Crippen LogP contribution in [0.5, 0.6) is 0 Å². The molecule has 1 saturated heterocycles. The van der Waals surface area contributed by atoms with Gasteiger partial charge in [0.05, 0.1) is 12.9 Å². The molecule has 0 saturated carbocycles. The number of fused-ring (bicyclic) bond motifs is 1. The van der Waals surface area contributed by atoms with Gasteiger partial charge in [-0.3, -0.25) is 4.57 Å². The third kappa shape index (κ3) is 2.54. The van der Waals surface area contributed by atoms with Crippen molar-refractivity contribution < 1.29 is 34.4 Å². The predicted molar refractivity (Wildman–Crippen MR) is 75.4 cm³/mol. The monoisotopic (exact) mass is 349 g/mol. The normalized spacial score (nSPS) is 31.2. The van der Waals surface area contributed by atoms with Crippen molar-refractivity contribution >= 4 is 19.4 Å². The van der Waals surface area contributed by atoms with Gasteiger partial charge in [-0.15, -0.1) is 0 Å². The van der Waals surface area contributed by atoms with Crippen LogP contribution in [-0.2, 0) is 9.30 Å². The molecule has 13 heteroatoms. The van der Waals surface area contributed by atoms with Crippen LogP contribution in [0, 0.1) is 0 Å². The van der Waals surface area contributed by atoms with Gasteiger partial charge in [-0.1, -0.05) is 0 Å². The Bertz CT molecular complexity index is 687. The molecule has 0 aliphatic carbocycles. The molecular weight excluding hydrogens is 333 g/mol. The number of hydrogen-bond acceptors (Lipinski definition) is 8. The maximum absolute atomic E-state index is 11.7. The van der Waals surface area contributed by atoms with Gasteiger partial charge in [0.2, 0.25) is 0 Å². The number of aliphatic hydroxyl groups is 3. The minimum absolute atomic E-state index is 0.0183. The maximum atomic E-state index is 11.7. The van der Waals surface area contributed by atoms with Gasteiger partial charge in [0, 0.05) is 0 Å². The van der Waals surface area contributed by atoms with Crippen molar-refractivity contribution in [3.63, 3.8) is 0 Å². The number of aromatic nitrogens is 2. The van der Waals surface area contributed by atoms with Crippen LogP contribution in [-0.4, -0.2) is 72.1 Å². The van der Waals surface area contributed by atoms with E-state index in [0.717, 1.165) is 4.57 Å². The van der Waals surface area contributed by atoms with E-state index < -0.39 is 45.6 Å². The fraction of sp³-hybridized carbons (Fsp3) is 0.600. The second-order valence-corrected chi connectivity index (χ2v) is 6.66. The number of ether oxygens (including phenoxy) is 1. The number of hydrogen-bond donors (Lipinski definition) is 6. The second-order valence-electron chi connectivity index (χ2n) is 5.15. The van der Waals surface area contributed by atoms with Crippen LogP contribution in [0.2, 0.25) is 0 Å². The fourth-order valence-corrected chi connectivity index (χ4v) is 3.25. The molecule has 23 heavy (non-hydrogen) atoms. The highest BCUT2D eigenvalue weighted by Crippen LogP contribution is 2.47. The summed E-state index contributed by atoms with van der Waals surface area (Å²) in [5.41, 5.74) is 5.71. The Morgan fingerprint density at radius 1 is 1.39 bits per heavy atom. The van der Waals surface area contributed by atoms with Gasteiger partial charge < -0.3 is 35.6 Å². The standard InChI is InChI=1S/C10H16N5O7P/c11-8-5-9(15(3-13-8)23(19,20)21)14(2-12-5)10-7(18)6(17)4(1-16)22-10/h2,4,6-7,10,16-18H,1,3H2,(H2,11,13)(H2,19,20,21)/t4-,6-,7-,10-/m1/s1. The number of aliphatic imine (C=N–C) groups is 1. The van der Waals surface area contributed by atoms with E-state index in [9.17, 15) is 24.6 Å². The first-order chi connectivity index (χ1) is 10.8. The number of imidazole rings is 1. The average Bonchev–Trinajstić information content (AvgIpc) is 3.02. The molecule has 3 rings (SSSR count). The molecule has 3 heterocycles. The van der Waals surface area contributed by atoms with Crippen molar-refractivity contribution in [2.75, 3.05) is 17.9 Å². The average molecular weight is 349 g/mol. The van der Waals surface area contributed by atoms with E-state index in [1.54, 1.807) is 0 Å². The Balaban J connectivity index is 2.07. The van der Waals surface area contributed by atoms with Gasteiger partial charge in [-0.05, 0) is 0 Å². The molecule has 2 aliphatic heterocycles. The number of rotatable bonds is 3. The second kappa shape index (κ2) is 5.53. The first-order valence-electron chi connectivity index (χ1n) is 6.59. The summed E-state index contributed by atoms with van der Waals surface area (Å²) >= 11 is 0. The fourth-order valence-electron chi connectivity index (χ4n) is 2.58. The van der Waals surface area contributed by atoms with Crippen LogP contribution in [0.3, 0.4) is 0 Å². The Morgan fingerprint density at radius 3 is 2.65 bits per heavy atom. The van der Waals surface area contributed by atoms with Crippen LogP contribution in [0.1, 0.15) is 11.9 Å². The van der Waals surface area contributed by atoms with Crippen molar-refractivity contribution in [3.8, 4) is 0 Å². The van der Waals surface area contributed by atoms with E-state index in [2.05, 4.69) is 9.98 Å². The van der Waals surface area contributed by atoms with Gasteiger partial charge >= 0.3 is 7.75 Å². The summed E-state index contributed by atoms with van der Waals surface area (Å²) in [5.74, 6) is -0.101. The third-order valence-corrected chi connectivity index (χ3v) is 4.68. The minimum atomic E-state index is -4.73. The Hall–Kier alpha value is -1.53. The van der Waals surface area contributed by atoms with Gasteiger partial charge in [-0.25, -0.2) is 19.2 Å². The van der Waals surface area contributed by atoms with E-state index in [0.29, 0.717) is 4.67 Å². The number of nitrogens with zero attached hydrogens (tertiary/aromatic N) is 4. The smallest absolute Gasteiger partial charge is 0.394 e. The van der Waals surface area contributed by atoms with E-state index in [-0.39, 0.29) is 17.3 Å². The molecule has 2 aliphatic rings. The Labute approximate surface area is 129 Å². The minimum Gasteiger partial charge on any atom is -0.394 e. The predicted octanol–water partition coefficient (Wildman–Crippen LogP) is -2.93. The van der Waals surface area contributed by atoms with E-state index in [4.69, 9.17) is 15.6 Å². The molecule has 1 aromatic rings. The molecule has 12 nitrogen and oxygen atoms in total. The Morgan fingerprint density at radius 2 is 2.09 bits per heavy atom. The zero-order valence-electron chi connectivity index (χ0n) is 11.7. The Kier molecular flexibility index (Phi) is 3.92. The molecule has 0 radical (unpaired) electrons. The molecule has 0 amide bonds. The van der Waals surface area contributed by atoms with Crippen molar-refractivity contribution in [2.45, 2.75) is 24.5 Å². The molecule has 0 unspecified atom stereocenters. The zero-order chi connectivity index (χ0) is 16.9. The van der Waals surface area contributed by atoms with Crippen LogP contribution in [0.4, 0.5) is 5.82 Å². The highest BCUT2D eigenvalue weighted by molar-refractivity contribution is 7.53. The molecule has 0 bridgehead atoms. The van der Waals surface area contributed by atoms with E-state index in [1.807, 2.05) is 0 Å². The van der Waals surface area contributed by atoms with Crippen molar-refractivity contribution in [3.05, 3.63) is 12.0 Å². The molecule has 1 fully saturated rings. The van der Waals surface area contributed by atoms with Crippen molar-refractivity contribution in [2.24, 2.45) is 10.7 Å². The van der Waals surface area contributed by atoms with Gasteiger partial charge in [0.1, 0.15) is 36.5 Å². The summed E-state index contributed by atoms with van der Waals surface area (Å²) in [6.07, 6.45) is -3.85. The number of aliphatic hydroxyl groups excluding tert-OH is 3. The summed E-state index contributed by atoms with van der Waals surface area (Å²) in [4.78, 5) is 26.7.